The number of rotatable bonds is 67. The quantitative estimate of drug-likeness (QED) is 0.0471. The van der Waals surface area contributed by atoms with Crippen LogP contribution in [-0.2, 0) is 80.1 Å². The van der Waals surface area contributed by atoms with Gasteiger partial charge in [0.05, 0.1) is 206 Å². The SMILES string of the molecule is CCCCCCCCCCCCCCCCCCCCCCOCCOCCOCCOCCOCCOCCOCCOCCOCCOCCOCCOCCOCCOCCOCCOP(=O)([O-])[O-].[K+].[K+]. The van der Waals surface area contributed by atoms with Crippen molar-refractivity contribution in [1.82, 2.24) is 0 Å². The first-order chi connectivity index (χ1) is 35.6. The molecule has 19 nitrogen and oxygen atoms in total. The summed E-state index contributed by atoms with van der Waals surface area (Å²) in [6, 6.07) is 0. The van der Waals surface area contributed by atoms with E-state index in [4.69, 9.17) is 71.1 Å². The van der Waals surface area contributed by atoms with Gasteiger partial charge in [-0.1, -0.05) is 129 Å². The fraction of sp³-hybridized carbons (Fsp3) is 1.00. The van der Waals surface area contributed by atoms with Gasteiger partial charge in [-0.05, 0) is 6.42 Å². The minimum Gasteiger partial charge on any atom is -0.790 e. The predicted molar refractivity (Wildman–Crippen MR) is 274 cm³/mol. The Balaban J connectivity index is -0.0000252. The molecule has 22 heteroatoms. The smallest absolute Gasteiger partial charge is 0.790 e. The minimum atomic E-state index is -4.95. The number of hydrogen-bond acceptors (Lipinski definition) is 19. The second-order valence-corrected chi connectivity index (χ2v) is 18.3. The Hall–Kier alpha value is 2.78. The van der Waals surface area contributed by atoms with Crippen molar-refractivity contribution in [1.29, 1.82) is 0 Å². The second-order valence-electron chi connectivity index (χ2n) is 17.2. The third-order valence-corrected chi connectivity index (χ3v) is 11.3. The van der Waals surface area contributed by atoms with Crippen LogP contribution in [0.1, 0.15) is 135 Å². The van der Waals surface area contributed by atoms with Crippen molar-refractivity contribution >= 4 is 7.82 Å². The van der Waals surface area contributed by atoms with Crippen molar-refractivity contribution in [3.8, 4) is 0 Å². The van der Waals surface area contributed by atoms with Gasteiger partial charge in [-0.25, -0.2) is 0 Å². The van der Waals surface area contributed by atoms with Gasteiger partial charge in [0.25, 0.3) is 0 Å². The van der Waals surface area contributed by atoms with Crippen LogP contribution < -0.4 is 113 Å². The third kappa shape index (κ3) is 79.0. The number of phosphoric ester groups is 1. The van der Waals surface area contributed by atoms with E-state index in [0.29, 0.717) is 178 Å². The zero-order chi connectivity index (χ0) is 51.9. The van der Waals surface area contributed by atoms with Crippen molar-refractivity contribution in [2.75, 3.05) is 205 Å². The summed E-state index contributed by atoms with van der Waals surface area (Å²) in [6.45, 7) is 16.2. The van der Waals surface area contributed by atoms with Gasteiger partial charge < -0.3 is 89.9 Å². The topological polar surface area (TPSA) is 211 Å². The Morgan fingerprint density at radius 1 is 0.216 bits per heavy atom. The molecule has 0 saturated carbocycles. The Labute approximate surface area is 534 Å². The molecule has 0 aromatic rings. The first-order valence-corrected chi connectivity index (χ1v) is 29.3. The molecular weight excluding hydrogens is 1040 g/mol. The second kappa shape index (κ2) is 73.8. The van der Waals surface area contributed by atoms with Gasteiger partial charge in [-0.3, -0.25) is 0 Å². The standard InChI is InChI=1S/C52H107O19P.2K/c1-2-3-4-5-6-7-8-9-10-11-12-13-14-15-16-17-18-19-20-21-22-56-23-24-57-25-26-58-27-28-59-29-30-60-31-32-61-33-34-62-35-36-63-37-38-64-39-40-65-41-42-66-43-44-67-45-46-68-47-48-69-49-50-70-51-52-71-72(53,54)55;;/h2-52H2,1H3,(H2,53,54,55);;/q;2*+1/p-2. The van der Waals surface area contributed by atoms with E-state index < -0.39 is 7.82 Å². The number of hydrogen-bond donors (Lipinski definition) is 0. The summed E-state index contributed by atoms with van der Waals surface area (Å²) in [5, 5.41) is 0. The van der Waals surface area contributed by atoms with Crippen LogP contribution in [0, 0.1) is 0 Å². The summed E-state index contributed by atoms with van der Waals surface area (Å²) >= 11 is 0. The molecule has 0 aliphatic heterocycles. The molecular formula is C52H105K2O19P. The summed E-state index contributed by atoms with van der Waals surface area (Å²) in [7, 11) is -4.95. The summed E-state index contributed by atoms with van der Waals surface area (Å²) in [4.78, 5) is 20.6. The maximum Gasteiger partial charge on any atom is 1.00 e. The molecule has 0 rings (SSSR count). The molecule has 0 aromatic heterocycles. The van der Waals surface area contributed by atoms with Crippen molar-refractivity contribution in [3.05, 3.63) is 0 Å². The van der Waals surface area contributed by atoms with Gasteiger partial charge in [0.2, 0.25) is 0 Å². The Bertz CT molecular complexity index is 1030. The van der Waals surface area contributed by atoms with Crippen LogP contribution in [0.5, 0.6) is 0 Å². The van der Waals surface area contributed by atoms with Crippen LogP contribution in [0.25, 0.3) is 0 Å². The normalized spacial score (nSPS) is 11.7. The molecule has 434 valence electrons. The van der Waals surface area contributed by atoms with E-state index in [2.05, 4.69) is 11.4 Å². The van der Waals surface area contributed by atoms with E-state index in [0.717, 1.165) is 13.0 Å². The van der Waals surface area contributed by atoms with Crippen molar-refractivity contribution in [2.45, 2.75) is 135 Å². The van der Waals surface area contributed by atoms with Gasteiger partial charge in [0, 0.05) is 6.61 Å². The molecule has 0 radical (unpaired) electrons. The van der Waals surface area contributed by atoms with Crippen LogP contribution in [0.15, 0.2) is 0 Å². The predicted octanol–water partition coefficient (Wildman–Crippen LogP) is 0.911. The van der Waals surface area contributed by atoms with Crippen LogP contribution in [0.4, 0.5) is 0 Å². The molecule has 0 aromatic carbocycles. The molecule has 0 N–H and O–H groups in total. The van der Waals surface area contributed by atoms with Crippen LogP contribution >= 0.6 is 7.82 Å². The largest absolute Gasteiger partial charge is 1.00 e. The molecule has 0 heterocycles. The monoisotopic (exact) mass is 1140 g/mol. The third-order valence-electron chi connectivity index (χ3n) is 10.8. The van der Waals surface area contributed by atoms with Crippen molar-refractivity contribution in [2.24, 2.45) is 0 Å². The molecule has 0 bridgehead atoms. The number of ether oxygens (including phenoxy) is 15. The van der Waals surface area contributed by atoms with Gasteiger partial charge in [0.1, 0.15) is 0 Å². The van der Waals surface area contributed by atoms with E-state index in [1.807, 2.05) is 0 Å². The molecule has 0 aliphatic carbocycles. The Morgan fingerprint density at radius 2 is 0.351 bits per heavy atom. The first kappa shape index (κ1) is 81.0. The van der Waals surface area contributed by atoms with Crippen molar-refractivity contribution < 1.29 is 193 Å². The van der Waals surface area contributed by atoms with E-state index in [9.17, 15) is 14.4 Å². The minimum absolute atomic E-state index is 0. The summed E-state index contributed by atoms with van der Waals surface area (Å²) < 4.78 is 96.5. The molecule has 0 amide bonds. The molecule has 74 heavy (non-hydrogen) atoms. The fourth-order valence-corrected chi connectivity index (χ4v) is 7.15. The van der Waals surface area contributed by atoms with E-state index >= 15 is 0 Å². The van der Waals surface area contributed by atoms with E-state index in [1.54, 1.807) is 0 Å². The number of phosphoric acid groups is 1. The van der Waals surface area contributed by atoms with Crippen molar-refractivity contribution in [3.63, 3.8) is 0 Å². The van der Waals surface area contributed by atoms with Gasteiger partial charge >= 0.3 is 103 Å². The zero-order valence-corrected chi connectivity index (χ0v) is 54.4. The fourth-order valence-electron chi connectivity index (χ4n) is 6.85. The molecule has 0 unspecified atom stereocenters. The van der Waals surface area contributed by atoms with Crippen LogP contribution in [-0.4, -0.2) is 205 Å². The van der Waals surface area contributed by atoms with Crippen LogP contribution in [0.3, 0.4) is 0 Å². The molecule has 0 atom stereocenters. The van der Waals surface area contributed by atoms with E-state index in [-0.39, 0.29) is 123 Å². The molecule has 0 fully saturated rings. The average molecular weight is 1140 g/mol. The molecule has 0 spiro atoms. The maximum atomic E-state index is 10.3. The van der Waals surface area contributed by atoms with E-state index in [1.165, 1.54) is 122 Å². The number of unbranched alkanes of at least 4 members (excludes halogenated alkanes) is 19. The Kier molecular flexibility index (Phi) is 80.8. The van der Waals surface area contributed by atoms with Gasteiger partial charge in [0.15, 0.2) is 0 Å². The summed E-state index contributed by atoms with van der Waals surface area (Å²) in [6.07, 6.45) is 28.0. The molecule has 0 saturated heterocycles. The van der Waals surface area contributed by atoms with Crippen LogP contribution in [0.2, 0.25) is 0 Å². The zero-order valence-electron chi connectivity index (χ0n) is 47.3. The average Bonchev–Trinajstić information content (AvgIpc) is 3.37. The summed E-state index contributed by atoms with van der Waals surface area (Å²) in [5.41, 5.74) is 0. The maximum absolute atomic E-state index is 10.3. The summed E-state index contributed by atoms with van der Waals surface area (Å²) in [5.74, 6) is 0. The Morgan fingerprint density at radius 3 is 0.514 bits per heavy atom. The van der Waals surface area contributed by atoms with Gasteiger partial charge in [-0.15, -0.1) is 0 Å². The molecule has 0 aliphatic rings. The first-order valence-electron chi connectivity index (χ1n) is 27.9. The van der Waals surface area contributed by atoms with Gasteiger partial charge in [-0.2, -0.15) is 0 Å².